The van der Waals surface area contributed by atoms with E-state index < -0.39 is 29.7 Å². The van der Waals surface area contributed by atoms with Crippen LogP contribution in [0.1, 0.15) is 36.3 Å². The van der Waals surface area contributed by atoms with E-state index in [1.165, 1.54) is 35.1 Å². The van der Waals surface area contributed by atoms with Crippen LogP contribution in [0.4, 0.5) is 19.1 Å². The van der Waals surface area contributed by atoms with E-state index in [4.69, 9.17) is 27.8 Å². The predicted octanol–water partition coefficient (Wildman–Crippen LogP) is 5.29. The van der Waals surface area contributed by atoms with E-state index in [0.29, 0.717) is 16.8 Å². The summed E-state index contributed by atoms with van der Waals surface area (Å²) in [4.78, 5) is 19.5. The number of halogens is 4. The van der Waals surface area contributed by atoms with Gasteiger partial charge in [-0.2, -0.15) is 23.3 Å². The third-order valence-electron chi connectivity index (χ3n) is 6.33. The molecule has 0 spiro atoms. The summed E-state index contributed by atoms with van der Waals surface area (Å²) < 4.78 is 49.8. The number of anilines is 1. The number of hydrogen-bond acceptors (Lipinski definition) is 7. The summed E-state index contributed by atoms with van der Waals surface area (Å²) in [6.45, 7) is 3.39. The Bertz CT molecular complexity index is 1530. The molecule has 0 aliphatic rings. The monoisotopic (exact) mass is 574 g/mol. The highest BCUT2D eigenvalue weighted by molar-refractivity contribution is 6.30. The van der Waals surface area contributed by atoms with Crippen molar-refractivity contribution in [2.24, 2.45) is 5.73 Å². The van der Waals surface area contributed by atoms with Crippen molar-refractivity contribution in [3.05, 3.63) is 82.6 Å². The number of aryl methyl sites for hydroxylation is 1. The van der Waals surface area contributed by atoms with Gasteiger partial charge in [-0.15, -0.1) is 0 Å². The molecule has 40 heavy (non-hydrogen) atoms. The Balaban J connectivity index is 1.68. The molecule has 0 unspecified atom stereocenters. The van der Waals surface area contributed by atoms with Crippen molar-refractivity contribution < 1.29 is 27.8 Å². The molecule has 2 atom stereocenters. The van der Waals surface area contributed by atoms with Crippen molar-refractivity contribution in [1.29, 1.82) is 0 Å². The first-order chi connectivity index (χ1) is 18.8. The number of nitrogen functional groups attached to an aromatic ring is 1. The summed E-state index contributed by atoms with van der Waals surface area (Å²) in [5.74, 6) is -1.81. The van der Waals surface area contributed by atoms with Crippen molar-refractivity contribution in [2.75, 3.05) is 5.73 Å². The third kappa shape index (κ3) is 6.35. The lowest BCUT2D eigenvalue weighted by atomic mass is 9.89. The van der Waals surface area contributed by atoms with Crippen molar-refractivity contribution in [3.63, 3.8) is 0 Å². The summed E-state index contributed by atoms with van der Waals surface area (Å²) in [7, 11) is 0. The maximum atomic E-state index is 14.4. The first-order valence-corrected chi connectivity index (χ1v) is 12.5. The molecule has 2 heterocycles. The van der Waals surface area contributed by atoms with Crippen LogP contribution in [0, 0.1) is 6.92 Å². The zero-order valence-corrected chi connectivity index (χ0v) is 22.2. The minimum absolute atomic E-state index is 0.0881. The molecule has 13 heteroatoms. The molecule has 5 N–H and O–H groups in total. The Kier molecular flexibility index (Phi) is 8.03. The van der Waals surface area contributed by atoms with Gasteiger partial charge in [-0.25, -0.2) is 9.67 Å². The van der Waals surface area contributed by atoms with E-state index in [0.717, 1.165) is 0 Å². The summed E-state index contributed by atoms with van der Waals surface area (Å²) in [5, 5.41) is 13.9. The molecule has 210 valence electrons. The third-order valence-corrected chi connectivity index (χ3v) is 6.56. The standard InChI is InChI=1S/C27H26ClF3N6O3/c1-3-26(33,24(38)39)14-16-4-6-17(7-5-16)20-13-22(35-25(32)34-20)40-23(27(29,30)31)19-9-8-18(28)12-21(19)37-11-10-15(2)36-37/h4-13,23H,3,14,33H2,1-2H3,(H,38,39)(H2,32,34,35)/t23-,26+/m1/s1. The smallest absolute Gasteiger partial charge is 0.429 e. The predicted molar refractivity (Wildman–Crippen MR) is 143 cm³/mol. The van der Waals surface area contributed by atoms with Crippen LogP contribution in [0.15, 0.2) is 60.8 Å². The number of hydrogen-bond donors (Lipinski definition) is 3. The van der Waals surface area contributed by atoms with Crippen LogP contribution in [-0.4, -0.2) is 42.5 Å². The van der Waals surface area contributed by atoms with Crippen LogP contribution in [-0.2, 0) is 11.2 Å². The van der Waals surface area contributed by atoms with E-state index in [2.05, 4.69) is 15.1 Å². The number of carboxylic acids is 1. The minimum Gasteiger partial charge on any atom is -0.480 e. The van der Waals surface area contributed by atoms with Gasteiger partial charge >= 0.3 is 12.1 Å². The summed E-state index contributed by atoms with van der Waals surface area (Å²) in [5.41, 5.74) is 12.2. The topological polar surface area (TPSA) is 142 Å². The zero-order valence-electron chi connectivity index (χ0n) is 21.5. The molecule has 0 saturated carbocycles. The molecule has 2 aromatic carbocycles. The number of alkyl halides is 3. The van der Waals surface area contributed by atoms with Crippen LogP contribution in [0.5, 0.6) is 5.88 Å². The molecule has 2 aromatic heterocycles. The highest BCUT2D eigenvalue weighted by Crippen LogP contribution is 2.40. The summed E-state index contributed by atoms with van der Waals surface area (Å²) in [6, 6.07) is 13.4. The lowest BCUT2D eigenvalue weighted by Gasteiger charge is -2.24. The van der Waals surface area contributed by atoms with Gasteiger partial charge < -0.3 is 21.3 Å². The Hall–Kier alpha value is -4.16. The molecule has 0 fully saturated rings. The van der Waals surface area contributed by atoms with Crippen LogP contribution < -0.4 is 16.2 Å². The van der Waals surface area contributed by atoms with Gasteiger partial charge in [-0.05, 0) is 37.1 Å². The number of carboxylic acid groups (broad SMARTS) is 1. The molecule has 0 aliphatic carbocycles. The number of benzene rings is 2. The average molecular weight is 575 g/mol. The van der Waals surface area contributed by atoms with Crippen LogP contribution >= 0.6 is 11.6 Å². The number of carbonyl (C=O) groups is 1. The van der Waals surface area contributed by atoms with Gasteiger partial charge in [0.2, 0.25) is 17.9 Å². The molecular weight excluding hydrogens is 549 g/mol. The number of nitrogens with two attached hydrogens (primary N) is 2. The second kappa shape index (κ2) is 11.1. The van der Waals surface area contributed by atoms with Crippen molar-refractivity contribution in [2.45, 2.75) is 44.5 Å². The van der Waals surface area contributed by atoms with Gasteiger partial charge in [0.25, 0.3) is 0 Å². The normalized spacial score (nSPS) is 14.0. The minimum atomic E-state index is -4.84. The lowest BCUT2D eigenvalue weighted by molar-refractivity contribution is -0.198. The largest absolute Gasteiger partial charge is 0.480 e. The second-order valence-corrected chi connectivity index (χ2v) is 9.72. The second-order valence-electron chi connectivity index (χ2n) is 9.28. The number of aliphatic carboxylic acids is 1. The Morgan fingerprint density at radius 2 is 1.82 bits per heavy atom. The number of nitrogens with zero attached hydrogens (tertiary/aromatic N) is 4. The zero-order chi connectivity index (χ0) is 29.2. The molecule has 9 nitrogen and oxygen atoms in total. The molecular formula is C27H26ClF3N6O3. The summed E-state index contributed by atoms with van der Waals surface area (Å²) in [6.07, 6.45) is -5.44. The first-order valence-electron chi connectivity index (χ1n) is 12.1. The SMILES string of the molecule is CC[C@](N)(Cc1ccc(-c2cc(O[C@H](c3ccc(Cl)cc3-n3ccc(C)n3)C(F)(F)F)nc(N)n2)cc1)C(=O)O. The van der Waals surface area contributed by atoms with E-state index in [1.807, 2.05) is 0 Å². The molecule has 4 rings (SSSR count). The van der Waals surface area contributed by atoms with Gasteiger partial charge in [0, 0.05) is 34.8 Å². The molecule has 0 bridgehead atoms. The van der Waals surface area contributed by atoms with E-state index in [-0.39, 0.29) is 40.8 Å². The maximum absolute atomic E-state index is 14.4. The summed E-state index contributed by atoms with van der Waals surface area (Å²) >= 11 is 6.10. The van der Waals surface area contributed by atoms with Gasteiger partial charge in [0.05, 0.1) is 17.1 Å². The number of rotatable bonds is 9. The fourth-order valence-electron chi connectivity index (χ4n) is 4.07. The van der Waals surface area contributed by atoms with Gasteiger partial charge in [0.15, 0.2) is 0 Å². The highest BCUT2D eigenvalue weighted by atomic mass is 35.5. The van der Waals surface area contributed by atoms with Crippen molar-refractivity contribution in [3.8, 4) is 22.8 Å². The van der Waals surface area contributed by atoms with Crippen molar-refractivity contribution >= 4 is 23.5 Å². The lowest BCUT2D eigenvalue weighted by Crippen LogP contribution is -2.49. The van der Waals surface area contributed by atoms with E-state index in [1.54, 1.807) is 44.2 Å². The van der Waals surface area contributed by atoms with Crippen LogP contribution in [0.25, 0.3) is 16.9 Å². The first kappa shape index (κ1) is 28.8. The quantitative estimate of drug-likeness (QED) is 0.245. The average Bonchev–Trinajstić information content (AvgIpc) is 3.33. The Morgan fingerprint density at radius 3 is 2.40 bits per heavy atom. The van der Waals surface area contributed by atoms with Gasteiger partial charge in [0.1, 0.15) is 5.54 Å². The van der Waals surface area contributed by atoms with Crippen LogP contribution in [0.2, 0.25) is 5.02 Å². The van der Waals surface area contributed by atoms with Gasteiger partial charge in [-0.1, -0.05) is 48.9 Å². The molecule has 0 radical (unpaired) electrons. The highest BCUT2D eigenvalue weighted by Gasteiger charge is 2.45. The van der Waals surface area contributed by atoms with E-state index in [9.17, 15) is 23.1 Å². The molecule has 0 amide bonds. The maximum Gasteiger partial charge on any atom is 0.429 e. The van der Waals surface area contributed by atoms with E-state index >= 15 is 0 Å². The number of ether oxygens (including phenoxy) is 1. The van der Waals surface area contributed by atoms with Crippen molar-refractivity contribution in [1.82, 2.24) is 19.7 Å². The van der Waals surface area contributed by atoms with Gasteiger partial charge in [-0.3, -0.25) is 4.79 Å². The molecule has 4 aromatic rings. The Morgan fingerprint density at radius 1 is 1.12 bits per heavy atom. The fourth-order valence-corrected chi connectivity index (χ4v) is 4.24. The molecule has 0 saturated heterocycles. The Labute approximate surface area is 232 Å². The fraction of sp³-hybridized carbons (Fsp3) is 0.259. The number of aromatic nitrogens is 4. The van der Waals surface area contributed by atoms with Crippen LogP contribution in [0.3, 0.4) is 0 Å². The molecule has 0 aliphatic heterocycles.